The number of fused-ring (bicyclic) bond motifs is 3. The summed E-state index contributed by atoms with van der Waals surface area (Å²) in [5, 5.41) is 24.4. The maximum Gasteiger partial charge on any atom is 0.329 e. The van der Waals surface area contributed by atoms with Crippen LogP contribution in [-0.2, 0) is 51.7 Å². The highest BCUT2D eigenvalue weighted by molar-refractivity contribution is 6.74. The zero-order valence-electron chi connectivity index (χ0n) is 52.2. The van der Waals surface area contributed by atoms with Gasteiger partial charge in [0.2, 0.25) is 5.79 Å². The number of ketones is 2. The van der Waals surface area contributed by atoms with E-state index in [1.165, 1.54) is 4.90 Å². The molecule has 1 aliphatic carbocycles. The number of carbonyl (C=O) groups excluding carboxylic acids is 4. The molecule has 2 bridgehead atoms. The monoisotopic (exact) mass is 1160 g/mol. The first-order valence-electron chi connectivity index (χ1n) is 31.1. The summed E-state index contributed by atoms with van der Waals surface area (Å²) < 4.78 is 45.6. The number of cyclic esters (lactones) is 1. The molecule has 17 heteroatoms. The molecule has 458 valence electrons. The van der Waals surface area contributed by atoms with Crippen molar-refractivity contribution in [3.05, 3.63) is 47.6 Å². The molecule has 3 heterocycles. The van der Waals surface area contributed by atoms with Gasteiger partial charge < -0.3 is 53.4 Å². The summed E-state index contributed by atoms with van der Waals surface area (Å²) in [5.74, 6) is -6.79. The Morgan fingerprint density at radius 2 is 1.40 bits per heavy atom. The quantitative estimate of drug-likeness (QED) is 0.0537. The second-order valence-corrected chi connectivity index (χ2v) is 33.8. The summed E-state index contributed by atoms with van der Waals surface area (Å²) in [7, 11) is -0.965. The van der Waals surface area contributed by atoms with Gasteiger partial charge in [-0.05, 0) is 144 Å². The Kier molecular flexibility index (Phi) is 28.9. The molecule has 15 nitrogen and oxygen atoms in total. The van der Waals surface area contributed by atoms with Crippen LogP contribution in [0.1, 0.15) is 167 Å². The summed E-state index contributed by atoms with van der Waals surface area (Å²) in [6.07, 6.45) is 13.3. The van der Waals surface area contributed by atoms with Gasteiger partial charge in [0.25, 0.3) is 11.7 Å². The van der Waals surface area contributed by atoms with E-state index in [0.29, 0.717) is 51.6 Å². The molecule has 0 aromatic rings. The molecule has 2 saturated heterocycles. The van der Waals surface area contributed by atoms with Crippen molar-refractivity contribution in [3.8, 4) is 0 Å². The number of methoxy groups -OCH3 is 2. The number of aliphatic hydroxyl groups is 2. The number of amides is 1. The lowest BCUT2D eigenvalue weighted by molar-refractivity contribution is -0.265. The van der Waals surface area contributed by atoms with Crippen LogP contribution in [0.5, 0.6) is 0 Å². The number of aliphatic hydroxyl groups excluding tert-OH is 1. The van der Waals surface area contributed by atoms with Crippen LogP contribution in [0.4, 0.5) is 0 Å². The first-order valence-corrected chi connectivity index (χ1v) is 36.2. The highest BCUT2D eigenvalue weighted by atomic mass is 28.4. The van der Waals surface area contributed by atoms with E-state index in [4.69, 9.17) is 38.3 Å². The van der Waals surface area contributed by atoms with Gasteiger partial charge in [0, 0.05) is 64.0 Å². The molecule has 4 aliphatic rings. The molecule has 3 fully saturated rings. The minimum absolute atomic E-state index is 0.00890. The zero-order valence-corrected chi connectivity index (χ0v) is 54.2. The van der Waals surface area contributed by atoms with Crippen molar-refractivity contribution in [2.24, 2.45) is 35.3 Å². The predicted octanol–water partition coefficient (Wildman–Crippen LogP) is 11.1. The van der Waals surface area contributed by atoms with Gasteiger partial charge in [0.05, 0.1) is 36.6 Å². The van der Waals surface area contributed by atoms with Gasteiger partial charge in [0.15, 0.2) is 22.4 Å². The van der Waals surface area contributed by atoms with Gasteiger partial charge in [-0.3, -0.25) is 14.4 Å². The Hall–Kier alpha value is -2.69. The van der Waals surface area contributed by atoms with Crippen LogP contribution >= 0.6 is 0 Å². The Balaban J connectivity index is 1.82. The number of hydrogen-bond donors (Lipinski definition) is 3. The number of nitrogens with zero attached hydrogens (tertiary/aromatic N) is 1. The smallest absolute Gasteiger partial charge is 0.329 e. The number of piperidine rings is 1. The molecule has 0 spiro atoms. The first kappa shape index (κ1) is 69.8. The van der Waals surface area contributed by atoms with Crippen molar-refractivity contribution in [1.82, 2.24) is 4.90 Å². The number of rotatable bonds is 17. The fraction of sp³-hybridized carbons (Fsp3) is 0.810. The minimum Gasteiger partial charge on any atom is -0.459 e. The minimum atomic E-state index is -2.42. The van der Waals surface area contributed by atoms with Crippen molar-refractivity contribution in [1.29, 1.82) is 0 Å². The number of nitrogens with two attached hydrogens (primary N) is 1. The molecule has 3 aliphatic heterocycles. The predicted molar refractivity (Wildman–Crippen MR) is 322 cm³/mol. The first-order chi connectivity index (χ1) is 38.0. The molecule has 0 aromatic carbocycles. The lowest BCUT2D eigenvalue weighted by Gasteiger charge is -2.43. The number of carbonyl (C=O) groups is 4. The topological polar surface area (TPSA) is 203 Å². The molecule has 1 saturated carbocycles. The van der Waals surface area contributed by atoms with Crippen LogP contribution < -0.4 is 5.73 Å². The van der Waals surface area contributed by atoms with E-state index < -0.39 is 101 Å². The number of Topliss-reactive ketones (excluding diaryl/α,β-unsaturated/α-hetero) is 2. The number of esters is 1. The van der Waals surface area contributed by atoms with Gasteiger partial charge in [-0.25, -0.2) is 4.79 Å². The van der Waals surface area contributed by atoms with Crippen molar-refractivity contribution in [2.45, 2.75) is 270 Å². The molecule has 1 amide bonds. The molecule has 4 N–H and O–H groups in total. The van der Waals surface area contributed by atoms with Gasteiger partial charge in [-0.1, -0.05) is 106 Å². The third-order valence-corrected chi connectivity index (χ3v) is 28.4. The fourth-order valence-corrected chi connectivity index (χ4v) is 18.9. The molecular weight excluding hydrogens is 1050 g/mol. The van der Waals surface area contributed by atoms with Crippen LogP contribution in [0, 0.1) is 29.6 Å². The number of ether oxygens (including phenoxy) is 5. The second kappa shape index (κ2) is 33.1. The van der Waals surface area contributed by atoms with E-state index in [1.54, 1.807) is 21.1 Å². The third-order valence-electron chi connectivity index (χ3n) is 19.1. The molecule has 80 heavy (non-hydrogen) atoms. The Bertz CT molecular complexity index is 2060. The van der Waals surface area contributed by atoms with E-state index in [-0.39, 0.29) is 55.1 Å². The lowest BCUT2D eigenvalue weighted by atomic mass is 9.80. The van der Waals surface area contributed by atoms with Crippen LogP contribution in [0.25, 0.3) is 0 Å². The SMILES string of the molecule is CCO[C@@H]1C[C@@H]([C@H](N)C[C@@H]2CCC(O[Si](CC)(CC)CC)[C@H](OC)C2)OC(=O)[C@@H]2CCCCN2C(=O)C(=O)[C@]2(O)O[C@@H](CC[C@H]2C)C[C@H](OC)/C(C)=C/C=C/C=C/[C@@H](C)C[C@@H](C)C(=O)[C@H](O)C(O[Si](CC)(CC)CC)/C(C)=C/[C@H]1C. The van der Waals surface area contributed by atoms with Gasteiger partial charge >= 0.3 is 5.97 Å². The Labute approximate surface area is 485 Å². The third kappa shape index (κ3) is 18.4. The van der Waals surface area contributed by atoms with E-state index in [0.717, 1.165) is 66.7 Å². The van der Waals surface area contributed by atoms with Crippen LogP contribution in [0.15, 0.2) is 47.6 Å². The fourth-order valence-electron chi connectivity index (χ4n) is 13.1. The van der Waals surface area contributed by atoms with E-state index in [9.17, 15) is 29.4 Å². The molecule has 0 aromatic heterocycles. The summed E-state index contributed by atoms with van der Waals surface area (Å²) in [6, 6.07) is 3.82. The van der Waals surface area contributed by atoms with Crippen molar-refractivity contribution in [3.63, 3.8) is 0 Å². The van der Waals surface area contributed by atoms with Crippen LogP contribution in [-0.4, -0.2) is 149 Å². The highest BCUT2D eigenvalue weighted by Gasteiger charge is 2.53. The lowest BCUT2D eigenvalue weighted by Crippen LogP contribution is -2.61. The molecule has 0 radical (unpaired) electrons. The molecule has 4 rings (SSSR count). The summed E-state index contributed by atoms with van der Waals surface area (Å²) in [5.41, 5.74) is 8.95. The van der Waals surface area contributed by atoms with Gasteiger partial charge in [-0.2, -0.15) is 0 Å². The number of hydrogen-bond acceptors (Lipinski definition) is 14. The maximum absolute atomic E-state index is 15.0. The van der Waals surface area contributed by atoms with Crippen molar-refractivity contribution >= 4 is 40.1 Å². The van der Waals surface area contributed by atoms with Gasteiger partial charge in [-0.15, -0.1) is 0 Å². The average Bonchev–Trinajstić information content (AvgIpc) is 3.45. The normalized spacial score (nSPS) is 36.5. The maximum atomic E-state index is 15.0. The van der Waals surface area contributed by atoms with E-state index in [2.05, 4.69) is 48.5 Å². The zero-order chi connectivity index (χ0) is 59.5. The second-order valence-electron chi connectivity index (χ2n) is 24.4. The van der Waals surface area contributed by atoms with Gasteiger partial charge in [0.1, 0.15) is 18.2 Å². The van der Waals surface area contributed by atoms with Crippen LogP contribution in [0.2, 0.25) is 36.3 Å². The summed E-state index contributed by atoms with van der Waals surface area (Å²) >= 11 is 0. The summed E-state index contributed by atoms with van der Waals surface area (Å²) in [6.45, 7) is 27.0. The highest BCUT2D eigenvalue weighted by Crippen LogP contribution is 2.39. The Morgan fingerprint density at radius 3 is 2.01 bits per heavy atom. The average molecular weight is 1160 g/mol. The van der Waals surface area contributed by atoms with Crippen molar-refractivity contribution in [2.75, 3.05) is 27.4 Å². The summed E-state index contributed by atoms with van der Waals surface area (Å²) in [4.78, 5) is 59.8. The van der Waals surface area contributed by atoms with Crippen LogP contribution in [0.3, 0.4) is 0 Å². The molecule has 2 unspecified atom stereocenters. The van der Waals surface area contributed by atoms with E-state index in [1.807, 2.05) is 71.1 Å². The van der Waals surface area contributed by atoms with E-state index >= 15 is 0 Å². The molecule has 16 atom stereocenters. The Morgan fingerprint density at radius 1 is 0.750 bits per heavy atom. The number of allylic oxidation sites excluding steroid dienone is 5. The van der Waals surface area contributed by atoms with Crippen molar-refractivity contribution < 1.29 is 61.9 Å². The molecular formula is C63H110N2O13Si2. The standard InChI is InChI=1S/C63H110N2O13Si2/c1-16-74-54-41-55(50(64)38-48-32-34-52(56(39-48)73-15)77-79(17-2,18-3)19-4)75-62(70)51-30-26-27-35-65(51)61(69)60(68)63(71)47(13)31-33-49(76-63)40-53(72-14)43(9)29-25-23-24-28-42(8)36-45(11)57(66)58(67)59(46(12)37-44(54)10)78-80(20-5,21-6)22-7/h23-25,28-29,37,42,44-45,47-56,58-59,67,71H,16-22,26-27,30-36,38-41,64H2,1-15H3/b25-23+,28-24+,43-29+,46-37+/t42-,44-,45-,47-,48+,49+,50-,51+,52?,53+,54-,55+,56-,58+,59?,63-/m1/s1. The largest absolute Gasteiger partial charge is 0.459 e.